The van der Waals surface area contributed by atoms with Crippen LogP contribution in [0, 0.1) is 6.92 Å². The summed E-state index contributed by atoms with van der Waals surface area (Å²) in [4.78, 5) is 13.2. The summed E-state index contributed by atoms with van der Waals surface area (Å²) in [5.74, 6) is 2.94. The summed E-state index contributed by atoms with van der Waals surface area (Å²) in [5, 5.41) is 0.465. The third-order valence-corrected chi connectivity index (χ3v) is 4.78. The highest BCUT2D eigenvalue weighted by Crippen LogP contribution is 2.39. The molecule has 3 aromatic rings. The highest BCUT2D eigenvalue weighted by molar-refractivity contribution is 5.89. The van der Waals surface area contributed by atoms with Crippen molar-refractivity contribution in [2.45, 2.75) is 13.3 Å². The summed E-state index contributed by atoms with van der Waals surface area (Å²) in [6.07, 6.45) is 0.828. The molecule has 138 valence electrons. The second-order valence-electron chi connectivity index (χ2n) is 6.54. The Bertz CT molecular complexity index is 1100. The number of hydrogen-bond acceptors (Lipinski definition) is 6. The van der Waals surface area contributed by atoms with Crippen LogP contribution in [0.25, 0.3) is 22.1 Å². The first-order chi connectivity index (χ1) is 13.2. The van der Waals surface area contributed by atoms with Crippen molar-refractivity contribution in [1.29, 1.82) is 0 Å². The molecule has 0 saturated heterocycles. The number of rotatable bonds is 1. The lowest BCUT2D eigenvalue weighted by atomic mass is 10.0. The number of ether oxygens (including phenoxy) is 4. The molecule has 0 saturated carbocycles. The molecule has 2 aromatic carbocycles. The predicted molar refractivity (Wildman–Crippen MR) is 99.3 cm³/mol. The molecule has 6 heteroatoms. The maximum atomic E-state index is 13.2. The molecule has 1 aromatic heterocycles. The largest absolute Gasteiger partial charge is 0.490 e. The minimum Gasteiger partial charge on any atom is -0.490 e. The Morgan fingerprint density at radius 1 is 0.815 bits per heavy atom. The Balaban J connectivity index is 1.70. The summed E-state index contributed by atoms with van der Waals surface area (Å²) < 4.78 is 28.7. The first-order valence-corrected chi connectivity index (χ1v) is 8.98. The van der Waals surface area contributed by atoms with Gasteiger partial charge in [0.25, 0.3) is 0 Å². The average molecular weight is 366 g/mol. The highest BCUT2D eigenvalue weighted by Gasteiger charge is 2.22. The Morgan fingerprint density at radius 3 is 2.44 bits per heavy atom. The zero-order valence-corrected chi connectivity index (χ0v) is 14.9. The van der Waals surface area contributed by atoms with Crippen LogP contribution in [0.15, 0.2) is 39.5 Å². The van der Waals surface area contributed by atoms with Crippen LogP contribution in [-0.2, 0) is 0 Å². The van der Waals surface area contributed by atoms with E-state index in [1.807, 2.05) is 18.2 Å². The molecule has 2 aliphatic heterocycles. The van der Waals surface area contributed by atoms with E-state index >= 15 is 0 Å². The molecule has 0 N–H and O–H groups in total. The van der Waals surface area contributed by atoms with Gasteiger partial charge >= 0.3 is 0 Å². The van der Waals surface area contributed by atoms with Crippen molar-refractivity contribution in [2.75, 3.05) is 26.4 Å². The molecule has 27 heavy (non-hydrogen) atoms. The van der Waals surface area contributed by atoms with Crippen LogP contribution in [0.3, 0.4) is 0 Å². The fourth-order valence-electron chi connectivity index (χ4n) is 3.52. The minimum absolute atomic E-state index is 0.111. The number of fused-ring (bicyclic) bond motifs is 4. The Kier molecular flexibility index (Phi) is 3.70. The Labute approximate surface area is 155 Å². The molecule has 0 unspecified atom stereocenters. The maximum absolute atomic E-state index is 13.2. The second kappa shape index (κ2) is 6.23. The van der Waals surface area contributed by atoms with E-state index in [0.29, 0.717) is 71.7 Å². The van der Waals surface area contributed by atoms with Gasteiger partial charge in [-0.05, 0) is 36.8 Å². The van der Waals surface area contributed by atoms with Crippen molar-refractivity contribution in [2.24, 2.45) is 0 Å². The lowest BCUT2D eigenvalue weighted by Crippen LogP contribution is -2.16. The van der Waals surface area contributed by atoms with Gasteiger partial charge in [0, 0.05) is 6.42 Å². The van der Waals surface area contributed by atoms with Crippen molar-refractivity contribution in [1.82, 2.24) is 0 Å². The van der Waals surface area contributed by atoms with Crippen LogP contribution < -0.4 is 24.4 Å². The van der Waals surface area contributed by atoms with E-state index in [4.69, 9.17) is 23.4 Å². The molecule has 2 aliphatic rings. The van der Waals surface area contributed by atoms with Gasteiger partial charge in [-0.25, -0.2) is 0 Å². The van der Waals surface area contributed by atoms with E-state index in [0.717, 1.165) is 12.0 Å². The van der Waals surface area contributed by atoms with Gasteiger partial charge in [-0.3, -0.25) is 4.79 Å². The SMILES string of the molecule is Cc1oc2c3c(ccc2c(=O)c1-c1ccc2c(c1)OCCCO2)OCCO3. The predicted octanol–water partition coefficient (Wildman–Crippen LogP) is 3.70. The molecule has 3 heterocycles. The summed E-state index contributed by atoms with van der Waals surface area (Å²) in [6, 6.07) is 9.00. The van der Waals surface area contributed by atoms with Crippen LogP contribution >= 0.6 is 0 Å². The molecule has 0 atom stereocenters. The summed E-state index contributed by atoms with van der Waals surface area (Å²) in [5.41, 5.74) is 1.56. The van der Waals surface area contributed by atoms with Crippen molar-refractivity contribution in [3.63, 3.8) is 0 Å². The number of aryl methyl sites for hydroxylation is 1. The molecule has 0 spiro atoms. The van der Waals surface area contributed by atoms with E-state index < -0.39 is 0 Å². The van der Waals surface area contributed by atoms with Gasteiger partial charge in [0.15, 0.2) is 22.8 Å². The molecule has 0 bridgehead atoms. The smallest absolute Gasteiger partial charge is 0.205 e. The van der Waals surface area contributed by atoms with E-state index in [-0.39, 0.29) is 5.43 Å². The van der Waals surface area contributed by atoms with Crippen LogP contribution in [0.1, 0.15) is 12.2 Å². The van der Waals surface area contributed by atoms with Gasteiger partial charge in [0.05, 0.1) is 24.2 Å². The van der Waals surface area contributed by atoms with Gasteiger partial charge in [-0.15, -0.1) is 0 Å². The third-order valence-electron chi connectivity index (χ3n) is 4.78. The minimum atomic E-state index is -0.111. The molecular formula is C21H18O6. The Morgan fingerprint density at radius 2 is 1.56 bits per heavy atom. The first-order valence-electron chi connectivity index (χ1n) is 8.98. The molecular weight excluding hydrogens is 348 g/mol. The molecule has 0 aliphatic carbocycles. The van der Waals surface area contributed by atoms with Gasteiger partial charge in [-0.1, -0.05) is 6.07 Å². The van der Waals surface area contributed by atoms with Gasteiger partial charge in [0.2, 0.25) is 11.2 Å². The van der Waals surface area contributed by atoms with E-state index in [9.17, 15) is 4.79 Å². The van der Waals surface area contributed by atoms with Gasteiger partial charge in [0.1, 0.15) is 19.0 Å². The lowest BCUT2D eigenvalue weighted by molar-refractivity contribution is 0.172. The van der Waals surface area contributed by atoms with Crippen molar-refractivity contribution < 1.29 is 23.4 Å². The van der Waals surface area contributed by atoms with Crippen LogP contribution in [0.4, 0.5) is 0 Å². The highest BCUT2D eigenvalue weighted by atomic mass is 16.6. The second-order valence-corrected chi connectivity index (χ2v) is 6.54. The van der Waals surface area contributed by atoms with E-state index in [2.05, 4.69) is 0 Å². The fourth-order valence-corrected chi connectivity index (χ4v) is 3.52. The topological polar surface area (TPSA) is 67.1 Å². The molecule has 0 fully saturated rings. The number of benzene rings is 2. The van der Waals surface area contributed by atoms with E-state index in [1.165, 1.54) is 0 Å². The molecule has 0 radical (unpaired) electrons. The quantitative estimate of drug-likeness (QED) is 0.654. The standard InChI is InChI=1S/C21H18O6/c1-12-18(13-3-5-15-17(11-13)24-8-2-7-23-15)19(22)14-4-6-16-21(20(14)27-12)26-10-9-25-16/h3-6,11H,2,7-10H2,1H3. The molecule has 6 nitrogen and oxygen atoms in total. The number of hydrogen-bond donors (Lipinski definition) is 0. The third kappa shape index (κ3) is 2.60. The van der Waals surface area contributed by atoms with Crippen LogP contribution in [0.2, 0.25) is 0 Å². The van der Waals surface area contributed by atoms with Crippen LogP contribution in [0.5, 0.6) is 23.0 Å². The maximum Gasteiger partial charge on any atom is 0.205 e. The van der Waals surface area contributed by atoms with Crippen molar-refractivity contribution >= 4 is 11.0 Å². The zero-order chi connectivity index (χ0) is 18.4. The van der Waals surface area contributed by atoms with Gasteiger partial charge in [-0.2, -0.15) is 0 Å². The van der Waals surface area contributed by atoms with E-state index in [1.54, 1.807) is 19.1 Å². The summed E-state index contributed by atoms with van der Waals surface area (Å²) in [6.45, 7) is 3.90. The molecule has 5 rings (SSSR count). The Hall–Kier alpha value is -3.15. The lowest BCUT2D eigenvalue weighted by Gasteiger charge is -2.19. The monoisotopic (exact) mass is 366 g/mol. The van der Waals surface area contributed by atoms with Crippen molar-refractivity contribution in [3.8, 4) is 34.1 Å². The first kappa shape index (κ1) is 16.1. The van der Waals surface area contributed by atoms with Crippen LogP contribution in [-0.4, -0.2) is 26.4 Å². The normalized spacial score (nSPS) is 15.4. The average Bonchev–Trinajstić information content (AvgIpc) is 2.93. The molecule has 0 amide bonds. The van der Waals surface area contributed by atoms with Gasteiger partial charge < -0.3 is 23.4 Å². The summed E-state index contributed by atoms with van der Waals surface area (Å²) in [7, 11) is 0. The fraction of sp³-hybridized carbons (Fsp3) is 0.286. The summed E-state index contributed by atoms with van der Waals surface area (Å²) >= 11 is 0. The zero-order valence-electron chi connectivity index (χ0n) is 14.9. The van der Waals surface area contributed by atoms with Crippen molar-refractivity contribution in [3.05, 3.63) is 46.3 Å².